The third-order valence-corrected chi connectivity index (χ3v) is 10.4. The van der Waals surface area contributed by atoms with Crippen LogP contribution in [0, 0.1) is 18.3 Å². The Hall–Kier alpha value is -3.73. The molecular weight excluding hydrogens is 613 g/mol. The van der Waals surface area contributed by atoms with Gasteiger partial charge in [0.15, 0.2) is 0 Å². The van der Waals surface area contributed by atoms with Crippen molar-refractivity contribution in [1.82, 2.24) is 29.2 Å². The molecule has 46 heavy (non-hydrogen) atoms. The van der Waals surface area contributed by atoms with Crippen molar-refractivity contribution in [3.63, 3.8) is 0 Å². The van der Waals surface area contributed by atoms with E-state index >= 15 is 0 Å². The molecule has 0 unspecified atom stereocenters. The van der Waals surface area contributed by atoms with E-state index < -0.39 is 12.6 Å². The maximum atomic E-state index is 12.9. The molecule has 0 atom stereocenters. The molecule has 4 aromatic rings. The number of halogens is 3. The van der Waals surface area contributed by atoms with Gasteiger partial charge < -0.3 is 14.8 Å². The number of hydrogen-bond acceptors (Lipinski definition) is 8. The fraction of sp³-hybridized carbons (Fsp3) is 0.515. The van der Waals surface area contributed by atoms with Crippen molar-refractivity contribution in [2.24, 2.45) is 0 Å². The number of carbonyl (C=O) groups is 1. The van der Waals surface area contributed by atoms with Gasteiger partial charge in [0.25, 0.3) is 0 Å². The van der Waals surface area contributed by atoms with Crippen LogP contribution in [-0.4, -0.2) is 93.2 Å². The molecule has 2 saturated heterocycles. The van der Waals surface area contributed by atoms with Crippen LogP contribution in [0.4, 0.5) is 19.0 Å². The van der Waals surface area contributed by atoms with E-state index in [9.17, 15) is 23.2 Å². The molecular formula is C33H39F3N8OS. The van der Waals surface area contributed by atoms with Gasteiger partial charge in [0, 0.05) is 87.1 Å². The predicted molar refractivity (Wildman–Crippen MR) is 174 cm³/mol. The lowest BCUT2D eigenvalue weighted by Gasteiger charge is -2.34. The molecule has 1 aromatic carbocycles. The zero-order valence-corrected chi connectivity index (χ0v) is 27.1. The molecule has 244 valence electrons. The lowest BCUT2D eigenvalue weighted by Crippen LogP contribution is -2.49. The van der Waals surface area contributed by atoms with E-state index in [4.69, 9.17) is 0 Å². The number of thiophene rings is 1. The summed E-state index contributed by atoms with van der Waals surface area (Å²) in [5.41, 5.74) is 4.17. The Labute approximate surface area is 270 Å². The molecule has 1 N–H and O–H groups in total. The number of aromatic nitrogens is 3. The Morgan fingerprint density at radius 3 is 2.50 bits per heavy atom. The van der Waals surface area contributed by atoms with Gasteiger partial charge in [-0.1, -0.05) is 13.0 Å². The standard InChI is InChI=1S/C33H39F3N8OS/c1-3-30(45)43-13-10-41(11-14-43)12-15-44-25(19-37)16-27-22(2)23(4-5-29(27)44)20-42-8-6-24(7-9-42)40-31-28-17-26(18-33(34,35)36)46-32(28)39-21-38-31/h4-5,16-17,21,24H,3,6-15,18,20H2,1-2H3,(H,38,39,40). The van der Waals surface area contributed by atoms with Crippen molar-refractivity contribution in [2.75, 3.05) is 51.1 Å². The van der Waals surface area contributed by atoms with Gasteiger partial charge in [-0.2, -0.15) is 18.4 Å². The number of hydrogen-bond donors (Lipinski definition) is 1. The lowest BCUT2D eigenvalue weighted by molar-refractivity contribution is -0.132. The molecule has 0 saturated carbocycles. The number of piperazine rings is 1. The van der Waals surface area contributed by atoms with Gasteiger partial charge in [-0.15, -0.1) is 11.3 Å². The van der Waals surface area contributed by atoms with Crippen molar-refractivity contribution in [3.8, 4) is 6.07 Å². The summed E-state index contributed by atoms with van der Waals surface area (Å²) in [5.74, 6) is 0.808. The highest BCUT2D eigenvalue weighted by molar-refractivity contribution is 7.18. The number of carbonyl (C=O) groups excluding carboxylic acids is 1. The zero-order chi connectivity index (χ0) is 32.4. The van der Waals surface area contributed by atoms with Crippen LogP contribution in [0.5, 0.6) is 0 Å². The third-order valence-electron chi connectivity index (χ3n) is 9.33. The normalized spacial score (nSPS) is 17.2. The number of amides is 1. The molecule has 9 nitrogen and oxygen atoms in total. The molecule has 2 fully saturated rings. The van der Waals surface area contributed by atoms with E-state index in [0.29, 0.717) is 28.1 Å². The molecule has 5 heterocycles. The molecule has 0 aliphatic carbocycles. The third kappa shape index (κ3) is 7.14. The number of benzene rings is 1. The first-order valence-electron chi connectivity index (χ1n) is 15.9. The summed E-state index contributed by atoms with van der Waals surface area (Å²) >= 11 is 1.07. The first-order valence-corrected chi connectivity index (χ1v) is 16.7. The molecule has 0 radical (unpaired) electrons. The maximum absolute atomic E-state index is 12.9. The van der Waals surface area contributed by atoms with Crippen LogP contribution >= 0.6 is 11.3 Å². The average molecular weight is 653 g/mol. The number of nitrogens with one attached hydrogen (secondary N) is 1. The molecule has 2 aliphatic rings. The molecule has 3 aromatic heterocycles. The summed E-state index contributed by atoms with van der Waals surface area (Å²) in [5, 5.41) is 15.2. The summed E-state index contributed by atoms with van der Waals surface area (Å²) in [6, 6.07) is 10.5. The van der Waals surface area contributed by atoms with Crippen LogP contribution in [0.1, 0.15) is 47.9 Å². The van der Waals surface area contributed by atoms with Crippen LogP contribution in [0.2, 0.25) is 0 Å². The summed E-state index contributed by atoms with van der Waals surface area (Å²) in [4.78, 5) is 28.1. The number of anilines is 1. The number of likely N-dealkylation sites (tertiary alicyclic amines) is 1. The number of alkyl halides is 3. The molecule has 0 bridgehead atoms. The molecule has 1 amide bonds. The fourth-order valence-corrected chi connectivity index (χ4v) is 7.71. The van der Waals surface area contributed by atoms with Crippen molar-refractivity contribution in [3.05, 3.63) is 52.3 Å². The Bertz CT molecular complexity index is 1740. The van der Waals surface area contributed by atoms with E-state index in [1.807, 2.05) is 17.9 Å². The van der Waals surface area contributed by atoms with Crippen LogP contribution < -0.4 is 5.32 Å². The highest BCUT2D eigenvalue weighted by Gasteiger charge is 2.29. The molecule has 0 spiro atoms. The van der Waals surface area contributed by atoms with Gasteiger partial charge in [0.1, 0.15) is 28.7 Å². The summed E-state index contributed by atoms with van der Waals surface area (Å²) in [7, 11) is 0. The second-order valence-corrected chi connectivity index (χ2v) is 13.4. The van der Waals surface area contributed by atoms with Gasteiger partial charge in [-0.25, -0.2) is 9.97 Å². The van der Waals surface area contributed by atoms with Gasteiger partial charge in [-0.05, 0) is 49.1 Å². The van der Waals surface area contributed by atoms with E-state index in [1.165, 1.54) is 17.5 Å². The highest BCUT2D eigenvalue weighted by atomic mass is 32.1. The highest BCUT2D eigenvalue weighted by Crippen LogP contribution is 2.33. The number of fused-ring (bicyclic) bond motifs is 2. The van der Waals surface area contributed by atoms with Gasteiger partial charge >= 0.3 is 6.18 Å². The number of rotatable bonds is 9. The lowest BCUT2D eigenvalue weighted by atomic mass is 10.0. The van der Waals surface area contributed by atoms with Crippen LogP contribution in [0.25, 0.3) is 21.1 Å². The van der Waals surface area contributed by atoms with Gasteiger partial charge in [0.05, 0.1) is 11.8 Å². The van der Waals surface area contributed by atoms with Crippen molar-refractivity contribution < 1.29 is 18.0 Å². The second-order valence-electron chi connectivity index (χ2n) is 12.3. The first kappa shape index (κ1) is 32.2. The van der Waals surface area contributed by atoms with Crippen LogP contribution in [0.15, 0.2) is 30.6 Å². The van der Waals surface area contributed by atoms with Crippen molar-refractivity contribution in [1.29, 1.82) is 5.26 Å². The minimum atomic E-state index is -4.26. The predicted octanol–water partition coefficient (Wildman–Crippen LogP) is 5.56. The SMILES string of the molecule is CCC(=O)N1CCN(CCn2c(C#N)cc3c(C)c(CN4CCC(Nc5ncnc6sc(CC(F)(F)F)cc56)CC4)ccc32)CC1. The summed E-state index contributed by atoms with van der Waals surface area (Å²) in [6.07, 6.45) is -1.48. The zero-order valence-electron chi connectivity index (χ0n) is 26.2. The second kappa shape index (κ2) is 13.6. The first-order chi connectivity index (χ1) is 22.1. The van der Waals surface area contributed by atoms with Crippen LogP contribution in [0.3, 0.4) is 0 Å². The summed E-state index contributed by atoms with van der Waals surface area (Å²) < 4.78 is 40.9. The molecule has 6 rings (SSSR count). The number of piperidine rings is 1. The van der Waals surface area contributed by atoms with E-state index in [2.05, 4.69) is 54.8 Å². The van der Waals surface area contributed by atoms with Gasteiger partial charge in [-0.3, -0.25) is 14.6 Å². The molecule has 13 heteroatoms. The molecule has 2 aliphatic heterocycles. The minimum Gasteiger partial charge on any atom is -0.367 e. The van der Waals surface area contributed by atoms with Crippen molar-refractivity contribution in [2.45, 2.75) is 64.8 Å². The smallest absolute Gasteiger partial charge is 0.367 e. The number of nitrogens with zero attached hydrogens (tertiary/aromatic N) is 7. The average Bonchev–Trinajstić information content (AvgIpc) is 3.62. The topological polar surface area (TPSA) is 93.3 Å². The Balaban J connectivity index is 1.06. The Kier molecular flexibility index (Phi) is 9.49. The van der Waals surface area contributed by atoms with Crippen molar-refractivity contribution >= 4 is 44.2 Å². The monoisotopic (exact) mass is 652 g/mol. The van der Waals surface area contributed by atoms with E-state index in [-0.39, 0.29) is 16.8 Å². The van der Waals surface area contributed by atoms with Crippen LogP contribution in [-0.2, 0) is 24.3 Å². The fourth-order valence-electron chi connectivity index (χ4n) is 6.69. The maximum Gasteiger partial charge on any atom is 0.393 e. The quantitative estimate of drug-likeness (QED) is 0.253. The van der Waals surface area contributed by atoms with E-state index in [1.54, 1.807) is 6.07 Å². The summed E-state index contributed by atoms with van der Waals surface area (Å²) in [6.45, 7) is 11.4. The largest absolute Gasteiger partial charge is 0.393 e. The number of aryl methyl sites for hydroxylation is 1. The Morgan fingerprint density at radius 1 is 1.04 bits per heavy atom. The minimum absolute atomic E-state index is 0.172. The number of nitriles is 1. The van der Waals surface area contributed by atoms with Gasteiger partial charge in [0.2, 0.25) is 5.91 Å². The van der Waals surface area contributed by atoms with E-state index in [0.717, 1.165) is 94.0 Å². The Morgan fingerprint density at radius 2 is 1.80 bits per heavy atom.